The van der Waals surface area contributed by atoms with Crippen LogP contribution in [0.15, 0.2) is 30.5 Å². The molecule has 0 fully saturated rings. The smallest absolute Gasteiger partial charge is 0.229 e. The number of rotatable bonds is 3. The third-order valence-electron chi connectivity index (χ3n) is 2.44. The number of hydrogen-bond acceptors (Lipinski definition) is 3. The number of amides is 1. The summed E-state index contributed by atoms with van der Waals surface area (Å²) in [5.74, 6) is 0.563. The highest BCUT2D eigenvalue weighted by atomic mass is 16.1. The molecule has 5 nitrogen and oxygen atoms in total. The minimum Gasteiger partial charge on any atom is -0.399 e. The molecule has 2 aromatic rings. The summed E-state index contributed by atoms with van der Waals surface area (Å²) in [5.41, 5.74) is 8.10. The first-order chi connectivity index (χ1) is 8.15. The van der Waals surface area contributed by atoms with Gasteiger partial charge >= 0.3 is 0 Å². The Morgan fingerprint density at radius 2 is 2.12 bits per heavy atom. The third-order valence-corrected chi connectivity index (χ3v) is 2.44. The maximum atomic E-state index is 11.7. The van der Waals surface area contributed by atoms with Gasteiger partial charge in [-0.3, -0.25) is 9.89 Å². The molecule has 1 amide bonds. The molecule has 0 aliphatic rings. The monoisotopic (exact) mass is 230 g/mol. The van der Waals surface area contributed by atoms with Gasteiger partial charge in [0.05, 0.1) is 12.6 Å². The van der Waals surface area contributed by atoms with Crippen LogP contribution in [0.5, 0.6) is 0 Å². The van der Waals surface area contributed by atoms with Crippen LogP contribution in [0.4, 0.5) is 11.5 Å². The van der Waals surface area contributed by atoms with Gasteiger partial charge in [-0.2, -0.15) is 5.10 Å². The Kier molecular flexibility index (Phi) is 3.09. The SMILES string of the molecule is Cc1cn[nH]c1NC(=O)Cc1ccc(N)cc1. The van der Waals surface area contributed by atoms with E-state index in [1.807, 2.05) is 19.1 Å². The summed E-state index contributed by atoms with van der Waals surface area (Å²) >= 11 is 0. The zero-order valence-electron chi connectivity index (χ0n) is 9.53. The van der Waals surface area contributed by atoms with Crippen molar-refractivity contribution < 1.29 is 4.79 Å². The van der Waals surface area contributed by atoms with Crippen LogP contribution in [0.3, 0.4) is 0 Å². The van der Waals surface area contributed by atoms with E-state index < -0.39 is 0 Å². The van der Waals surface area contributed by atoms with Crippen LogP contribution in [0, 0.1) is 6.92 Å². The van der Waals surface area contributed by atoms with Crippen LogP contribution < -0.4 is 11.1 Å². The van der Waals surface area contributed by atoms with Gasteiger partial charge in [-0.25, -0.2) is 0 Å². The number of carbonyl (C=O) groups excluding carboxylic acids is 1. The van der Waals surface area contributed by atoms with Crippen LogP contribution >= 0.6 is 0 Å². The van der Waals surface area contributed by atoms with Crippen molar-refractivity contribution in [1.29, 1.82) is 0 Å². The van der Waals surface area contributed by atoms with Crippen LogP contribution in [-0.4, -0.2) is 16.1 Å². The van der Waals surface area contributed by atoms with E-state index in [2.05, 4.69) is 15.5 Å². The van der Waals surface area contributed by atoms with Gasteiger partial charge in [0, 0.05) is 11.3 Å². The van der Waals surface area contributed by atoms with Crippen molar-refractivity contribution in [2.75, 3.05) is 11.1 Å². The number of nitrogens with one attached hydrogen (secondary N) is 2. The lowest BCUT2D eigenvalue weighted by Crippen LogP contribution is -2.15. The highest BCUT2D eigenvalue weighted by Crippen LogP contribution is 2.10. The molecule has 5 heteroatoms. The van der Waals surface area contributed by atoms with Crippen molar-refractivity contribution in [3.8, 4) is 0 Å². The van der Waals surface area contributed by atoms with Crippen molar-refractivity contribution in [2.45, 2.75) is 13.3 Å². The predicted octanol–water partition coefficient (Wildman–Crippen LogP) is 1.48. The molecule has 1 heterocycles. The Bertz CT molecular complexity index is 516. The number of nitrogens with two attached hydrogens (primary N) is 1. The molecule has 1 aromatic carbocycles. The molecule has 17 heavy (non-hydrogen) atoms. The first kappa shape index (κ1) is 11.2. The van der Waals surface area contributed by atoms with Crippen molar-refractivity contribution >= 4 is 17.4 Å². The largest absolute Gasteiger partial charge is 0.399 e. The van der Waals surface area contributed by atoms with E-state index in [1.54, 1.807) is 18.3 Å². The third kappa shape index (κ3) is 2.84. The van der Waals surface area contributed by atoms with Gasteiger partial charge in [0.1, 0.15) is 5.82 Å². The zero-order valence-corrected chi connectivity index (χ0v) is 9.53. The summed E-state index contributed by atoms with van der Waals surface area (Å²) < 4.78 is 0. The second kappa shape index (κ2) is 4.69. The average Bonchev–Trinajstić information content (AvgIpc) is 2.68. The number of hydrogen-bond donors (Lipinski definition) is 3. The number of aromatic amines is 1. The second-order valence-electron chi connectivity index (χ2n) is 3.89. The van der Waals surface area contributed by atoms with Gasteiger partial charge in [-0.15, -0.1) is 0 Å². The molecule has 0 radical (unpaired) electrons. The standard InChI is InChI=1S/C12H14N4O/c1-8-7-14-16-12(8)15-11(17)6-9-2-4-10(13)5-3-9/h2-5,7H,6,13H2,1H3,(H2,14,15,16,17). The van der Waals surface area contributed by atoms with Gasteiger partial charge < -0.3 is 11.1 Å². The predicted molar refractivity (Wildman–Crippen MR) is 66.5 cm³/mol. The van der Waals surface area contributed by atoms with Crippen LogP contribution in [0.1, 0.15) is 11.1 Å². The lowest BCUT2D eigenvalue weighted by Gasteiger charge is -2.04. The number of carbonyl (C=O) groups is 1. The second-order valence-corrected chi connectivity index (χ2v) is 3.89. The number of benzene rings is 1. The summed E-state index contributed by atoms with van der Waals surface area (Å²) in [6.07, 6.45) is 1.98. The summed E-state index contributed by atoms with van der Waals surface area (Å²) in [6.45, 7) is 1.88. The Morgan fingerprint density at radius 3 is 2.71 bits per heavy atom. The van der Waals surface area contributed by atoms with Crippen molar-refractivity contribution in [1.82, 2.24) is 10.2 Å². The van der Waals surface area contributed by atoms with E-state index in [9.17, 15) is 4.79 Å². The van der Waals surface area contributed by atoms with Crippen molar-refractivity contribution in [2.24, 2.45) is 0 Å². The Labute approximate surface area is 99.0 Å². The minimum absolute atomic E-state index is 0.0814. The Hall–Kier alpha value is -2.30. The molecular weight excluding hydrogens is 216 g/mol. The molecule has 0 unspecified atom stereocenters. The summed E-state index contributed by atoms with van der Waals surface area (Å²) in [6, 6.07) is 7.25. The number of nitrogens with zero attached hydrogens (tertiary/aromatic N) is 1. The molecule has 4 N–H and O–H groups in total. The Balaban J connectivity index is 1.98. The molecule has 0 saturated carbocycles. The van der Waals surface area contributed by atoms with Gasteiger partial charge in [0.15, 0.2) is 0 Å². The molecule has 0 aliphatic carbocycles. The van der Waals surface area contributed by atoms with Crippen LogP contribution in [0.2, 0.25) is 0 Å². The van der Waals surface area contributed by atoms with Gasteiger partial charge in [-0.05, 0) is 24.6 Å². The number of nitrogen functional groups attached to an aromatic ring is 1. The maximum Gasteiger partial charge on any atom is 0.229 e. The normalized spacial score (nSPS) is 10.2. The number of aromatic nitrogens is 2. The summed E-state index contributed by atoms with van der Waals surface area (Å²) in [4.78, 5) is 11.7. The number of anilines is 2. The van der Waals surface area contributed by atoms with E-state index in [-0.39, 0.29) is 5.91 Å². The first-order valence-electron chi connectivity index (χ1n) is 5.29. The molecule has 88 valence electrons. The first-order valence-corrected chi connectivity index (χ1v) is 5.29. The van der Waals surface area contributed by atoms with E-state index >= 15 is 0 Å². The fraction of sp³-hybridized carbons (Fsp3) is 0.167. The molecule has 0 bridgehead atoms. The zero-order chi connectivity index (χ0) is 12.3. The minimum atomic E-state index is -0.0814. The van der Waals surface area contributed by atoms with E-state index in [4.69, 9.17) is 5.73 Å². The van der Waals surface area contributed by atoms with Crippen LogP contribution in [-0.2, 0) is 11.2 Å². The molecule has 1 aromatic heterocycles. The van der Waals surface area contributed by atoms with E-state index in [1.165, 1.54) is 0 Å². The van der Waals surface area contributed by atoms with Gasteiger partial charge in [-0.1, -0.05) is 12.1 Å². The molecule has 0 saturated heterocycles. The fourth-order valence-electron chi connectivity index (χ4n) is 1.48. The average molecular weight is 230 g/mol. The highest BCUT2D eigenvalue weighted by molar-refractivity contribution is 5.91. The van der Waals surface area contributed by atoms with Gasteiger partial charge in [0.2, 0.25) is 5.91 Å². The lowest BCUT2D eigenvalue weighted by atomic mass is 10.1. The lowest BCUT2D eigenvalue weighted by molar-refractivity contribution is -0.115. The maximum absolute atomic E-state index is 11.7. The highest BCUT2D eigenvalue weighted by Gasteiger charge is 2.06. The fourth-order valence-corrected chi connectivity index (χ4v) is 1.48. The van der Waals surface area contributed by atoms with Crippen molar-refractivity contribution in [3.63, 3.8) is 0 Å². The molecule has 0 spiro atoms. The summed E-state index contributed by atoms with van der Waals surface area (Å²) in [7, 11) is 0. The van der Waals surface area contributed by atoms with E-state index in [0.717, 1.165) is 11.1 Å². The number of H-pyrrole nitrogens is 1. The molecule has 0 aliphatic heterocycles. The molecule has 0 atom stereocenters. The van der Waals surface area contributed by atoms with E-state index in [0.29, 0.717) is 17.9 Å². The van der Waals surface area contributed by atoms with Crippen LogP contribution in [0.25, 0.3) is 0 Å². The number of aryl methyl sites for hydroxylation is 1. The summed E-state index contributed by atoms with van der Waals surface area (Å²) in [5, 5.41) is 9.33. The Morgan fingerprint density at radius 1 is 1.41 bits per heavy atom. The molecular formula is C12H14N4O. The molecule has 2 rings (SSSR count). The quantitative estimate of drug-likeness (QED) is 0.698. The van der Waals surface area contributed by atoms with Crippen molar-refractivity contribution in [3.05, 3.63) is 41.6 Å². The topological polar surface area (TPSA) is 83.8 Å². The van der Waals surface area contributed by atoms with Gasteiger partial charge in [0.25, 0.3) is 0 Å².